The van der Waals surface area contributed by atoms with Gasteiger partial charge in [0.1, 0.15) is 11.9 Å². The number of carbonyl (C=O) groups is 1. The van der Waals surface area contributed by atoms with Crippen molar-refractivity contribution >= 4 is 5.91 Å². The molecule has 2 aromatic rings. The molecule has 1 aliphatic heterocycles. The number of nitrogens with one attached hydrogen (secondary N) is 1. The molecule has 0 bridgehead atoms. The van der Waals surface area contributed by atoms with Crippen LogP contribution in [0.5, 0.6) is 5.75 Å². The van der Waals surface area contributed by atoms with Gasteiger partial charge in [-0.2, -0.15) is 0 Å². The largest absolute Gasteiger partial charge is 0.497 e. The number of hydrogen-bond donors (Lipinski definition) is 1. The first-order valence-electron chi connectivity index (χ1n) is 7.69. The fourth-order valence-corrected chi connectivity index (χ4v) is 2.53. The molecule has 1 amide bonds. The van der Waals surface area contributed by atoms with E-state index in [2.05, 4.69) is 15.6 Å². The van der Waals surface area contributed by atoms with Crippen LogP contribution in [-0.2, 0) is 17.9 Å². The monoisotopic (exact) mass is 316 g/mol. The molecule has 0 unspecified atom stereocenters. The van der Waals surface area contributed by atoms with Crippen molar-refractivity contribution in [1.82, 2.24) is 20.3 Å². The molecule has 2 heterocycles. The van der Waals surface area contributed by atoms with Gasteiger partial charge in [-0.25, -0.2) is 4.68 Å². The molecule has 7 heteroatoms. The smallest absolute Gasteiger partial charge is 0.273 e. The Morgan fingerprint density at radius 2 is 2.22 bits per heavy atom. The first kappa shape index (κ1) is 15.5. The summed E-state index contributed by atoms with van der Waals surface area (Å²) in [4.78, 5) is 12.1. The van der Waals surface area contributed by atoms with Crippen molar-refractivity contribution in [1.29, 1.82) is 0 Å². The normalized spacial score (nSPS) is 16.7. The van der Waals surface area contributed by atoms with E-state index in [0.29, 0.717) is 25.4 Å². The minimum atomic E-state index is -0.195. The van der Waals surface area contributed by atoms with E-state index in [0.717, 1.165) is 23.4 Å². The molecule has 0 fully saturated rings. The van der Waals surface area contributed by atoms with E-state index < -0.39 is 0 Å². The molecular formula is C16H20N4O3. The van der Waals surface area contributed by atoms with Gasteiger partial charge >= 0.3 is 0 Å². The maximum atomic E-state index is 12.1. The third-order valence-corrected chi connectivity index (χ3v) is 3.84. The number of amides is 1. The van der Waals surface area contributed by atoms with Crippen molar-refractivity contribution in [2.24, 2.45) is 0 Å². The minimum absolute atomic E-state index is 0.110. The van der Waals surface area contributed by atoms with Crippen LogP contribution in [0.15, 0.2) is 24.3 Å². The third kappa shape index (κ3) is 3.19. The average molecular weight is 316 g/mol. The second-order valence-electron chi connectivity index (χ2n) is 5.40. The SMILES string of the molecule is CCCNC(=O)c1nnn2c1CO[C@@H](c1ccc(OC)cc1)C2. The summed E-state index contributed by atoms with van der Waals surface area (Å²) in [7, 11) is 1.64. The Labute approximate surface area is 134 Å². The molecule has 23 heavy (non-hydrogen) atoms. The Kier molecular flexibility index (Phi) is 4.57. The molecule has 1 N–H and O–H groups in total. The van der Waals surface area contributed by atoms with Crippen LogP contribution in [0.2, 0.25) is 0 Å². The predicted octanol–water partition coefficient (Wildman–Crippen LogP) is 1.70. The maximum absolute atomic E-state index is 12.1. The van der Waals surface area contributed by atoms with Crippen LogP contribution >= 0.6 is 0 Å². The zero-order valence-electron chi connectivity index (χ0n) is 13.3. The summed E-state index contributed by atoms with van der Waals surface area (Å²) in [6, 6.07) is 7.75. The van der Waals surface area contributed by atoms with Gasteiger partial charge in [-0.1, -0.05) is 24.3 Å². The van der Waals surface area contributed by atoms with E-state index >= 15 is 0 Å². The minimum Gasteiger partial charge on any atom is -0.497 e. The number of rotatable bonds is 5. The van der Waals surface area contributed by atoms with Crippen LogP contribution in [0.4, 0.5) is 0 Å². The summed E-state index contributed by atoms with van der Waals surface area (Å²) in [5.74, 6) is 0.612. The lowest BCUT2D eigenvalue weighted by atomic mass is 10.1. The second kappa shape index (κ2) is 6.78. The molecule has 0 saturated heterocycles. The van der Waals surface area contributed by atoms with Gasteiger partial charge in [0.2, 0.25) is 0 Å². The molecular weight excluding hydrogens is 296 g/mol. The maximum Gasteiger partial charge on any atom is 0.273 e. The molecule has 1 aromatic heterocycles. The van der Waals surface area contributed by atoms with Crippen LogP contribution in [-0.4, -0.2) is 34.6 Å². The first-order chi connectivity index (χ1) is 11.2. The Morgan fingerprint density at radius 3 is 2.91 bits per heavy atom. The Bertz CT molecular complexity index is 681. The lowest BCUT2D eigenvalue weighted by molar-refractivity contribution is -0.00179. The number of carbonyl (C=O) groups excluding carboxylic acids is 1. The molecule has 0 spiro atoms. The molecule has 1 atom stereocenters. The summed E-state index contributed by atoms with van der Waals surface area (Å²) in [5.41, 5.74) is 2.12. The van der Waals surface area contributed by atoms with E-state index in [1.54, 1.807) is 11.8 Å². The Morgan fingerprint density at radius 1 is 1.43 bits per heavy atom. The number of methoxy groups -OCH3 is 1. The average Bonchev–Trinajstić information content (AvgIpc) is 3.03. The number of aromatic nitrogens is 3. The Balaban J connectivity index is 1.74. The lowest BCUT2D eigenvalue weighted by Crippen LogP contribution is -2.28. The van der Waals surface area contributed by atoms with Crippen LogP contribution < -0.4 is 10.1 Å². The molecule has 0 radical (unpaired) electrons. The molecule has 0 aliphatic carbocycles. The van der Waals surface area contributed by atoms with Crippen molar-refractivity contribution in [3.05, 3.63) is 41.2 Å². The highest BCUT2D eigenvalue weighted by atomic mass is 16.5. The number of fused-ring (bicyclic) bond motifs is 1. The van der Waals surface area contributed by atoms with Gasteiger partial charge in [0.05, 0.1) is 26.0 Å². The van der Waals surface area contributed by atoms with Crippen molar-refractivity contribution < 1.29 is 14.3 Å². The molecule has 1 aromatic carbocycles. The van der Waals surface area contributed by atoms with E-state index in [1.807, 2.05) is 31.2 Å². The molecule has 0 saturated carbocycles. The zero-order chi connectivity index (χ0) is 16.2. The Hall–Kier alpha value is -2.41. The summed E-state index contributed by atoms with van der Waals surface area (Å²) in [5, 5.41) is 10.9. The highest BCUT2D eigenvalue weighted by molar-refractivity contribution is 5.93. The molecule has 1 aliphatic rings. The van der Waals surface area contributed by atoms with E-state index in [9.17, 15) is 4.79 Å². The summed E-state index contributed by atoms with van der Waals surface area (Å²) in [6.45, 7) is 3.48. The number of ether oxygens (including phenoxy) is 2. The van der Waals surface area contributed by atoms with Crippen LogP contribution in [0, 0.1) is 0 Å². The van der Waals surface area contributed by atoms with Gasteiger partial charge in [-0.3, -0.25) is 4.79 Å². The van der Waals surface area contributed by atoms with E-state index in [1.165, 1.54) is 0 Å². The van der Waals surface area contributed by atoms with Crippen LogP contribution in [0.1, 0.15) is 41.2 Å². The fraction of sp³-hybridized carbons (Fsp3) is 0.438. The molecule has 3 rings (SSSR count). The number of hydrogen-bond acceptors (Lipinski definition) is 5. The highest BCUT2D eigenvalue weighted by Crippen LogP contribution is 2.28. The van der Waals surface area contributed by atoms with Crippen molar-refractivity contribution in [3.8, 4) is 5.75 Å². The van der Waals surface area contributed by atoms with Crippen LogP contribution in [0.3, 0.4) is 0 Å². The van der Waals surface area contributed by atoms with Gasteiger partial charge in [0, 0.05) is 6.54 Å². The number of benzene rings is 1. The van der Waals surface area contributed by atoms with Gasteiger partial charge < -0.3 is 14.8 Å². The number of nitrogens with zero attached hydrogens (tertiary/aromatic N) is 3. The molecule has 7 nitrogen and oxygen atoms in total. The van der Waals surface area contributed by atoms with Crippen molar-refractivity contribution in [2.45, 2.75) is 32.6 Å². The predicted molar refractivity (Wildman–Crippen MR) is 83.2 cm³/mol. The van der Waals surface area contributed by atoms with Crippen molar-refractivity contribution in [3.63, 3.8) is 0 Å². The van der Waals surface area contributed by atoms with Crippen LogP contribution in [0.25, 0.3) is 0 Å². The fourth-order valence-electron chi connectivity index (χ4n) is 2.53. The van der Waals surface area contributed by atoms with Crippen molar-refractivity contribution in [2.75, 3.05) is 13.7 Å². The summed E-state index contributed by atoms with van der Waals surface area (Å²) >= 11 is 0. The van der Waals surface area contributed by atoms with Gasteiger partial charge in [0.25, 0.3) is 5.91 Å². The third-order valence-electron chi connectivity index (χ3n) is 3.84. The van der Waals surface area contributed by atoms with E-state index in [-0.39, 0.29) is 12.0 Å². The lowest BCUT2D eigenvalue weighted by Gasteiger charge is -2.24. The quantitative estimate of drug-likeness (QED) is 0.908. The highest BCUT2D eigenvalue weighted by Gasteiger charge is 2.27. The van der Waals surface area contributed by atoms with Gasteiger partial charge in [0.15, 0.2) is 5.69 Å². The topological polar surface area (TPSA) is 78.3 Å². The van der Waals surface area contributed by atoms with E-state index in [4.69, 9.17) is 9.47 Å². The summed E-state index contributed by atoms with van der Waals surface area (Å²) < 4.78 is 12.8. The zero-order valence-corrected chi connectivity index (χ0v) is 13.3. The first-order valence-corrected chi connectivity index (χ1v) is 7.69. The summed E-state index contributed by atoms with van der Waals surface area (Å²) in [6.07, 6.45) is 0.771. The second-order valence-corrected chi connectivity index (χ2v) is 5.40. The van der Waals surface area contributed by atoms with Gasteiger partial charge in [-0.05, 0) is 24.1 Å². The molecule has 122 valence electrons. The standard InChI is InChI=1S/C16H20N4O3/c1-3-8-17-16(21)15-13-10-23-14(9-20(13)19-18-15)11-4-6-12(22-2)7-5-11/h4-7,14H,3,8-10H2,1-2H3,(H,17,21)/t14-/m1/s1. The van der Waals surface area contributed by atoms with Gasteiger partial charge in [-0.15, -0.1) is 5.10 Å².